The largest absolute Gasteiger partial charge is 0.312 e. The van der Waals surface area contributed by atoms with Crippen LogP contribution in [0.3, 0.4) is 0 Å². The number of hydrogen-bond acceptors (Lipinski definition) is 1. The zero-order valence-electron chi connectivity index (χ0n) is 11.2. The maximum absolute atomic E-state index is 13.9. The van der Waals surface area contributed by atoms with E-state index in [2.05, 4.69) is 0 Å². The average molecular weight is 247 g/mol. The SMILES string of the molecule is CC(C)c1cc2c(=O)n(C(C)C)ccc2cc1F. The van der Waals surface area contributed by atoms with Gasteiger partial charge in [0.25, 0.3) is 5.56 Å². The van der Waals surface area contributed by atoms with E-state index >= 15 is 0 Å². The average Bonchev–Trinajstić information content (AvgIpc) is 2.27. The van der Waals surface area contributed by atoms with Crippen molar-refractivity contribution in [3.05, 3.63) is 46.1 Å². The van der Waals surface area contributed by atoms with E-state index in [4.69, 9.17) is 0 Å². The summed E-state index contributed by atoms with van der Waals surface area (Å²) in [7, 11) is 0. The third-order valence-corrected chi connectivity index (χ3v) is 3.23. The molecule has 3 heteroatoms. The lowest BCUT2D eigenvalue weighted by atomic mass is 9.99. The first-order valence-corrected chi connectivity index (χ1v) is 6.26. The molecule has 1 aromatic heterocycles. The van der Waals surface area contributed by atoms with Crippen molar-refractivity contribution in [1.82, 2.24) is 4.57 Å². The number of hydrogen-bond donors (Lipinski definition) is 0. The Hall–Kier alpha value is -1.64. The van der Waals surface area contributed by atoms with E-state index in [1.165, 1.54) is 6.07 Å². The molecule has 0 bridgehead atoms. The zero-order chi connectivity index (χ0) is 13.4. The highest BCUT2D eigenvalue weighted by Gasteiger charge is 2.12. The maximum atomic E-state index is 13.9. The minimum atomic E-state index is -0.237. The molecule has 0 fully saturated rings. The van der Waals surface area contributed by atoms with Crippen molar-refractivity contribution < 1.29 is 4.39 Å². The Labute approximate surface area is 106 Å². The second kappa shape index (κ2) is 4.56. The van der Waals surface area contributed by atoms with Gasteiger partial charge in [0.1, 0.15) is 5.82 Å². The van der Waals surface area contributed by atoms with E-state index in [0.29, 0.717) is 16.3 Å². The number of aromatic nitrogens is 1. The predicted molar refractivity (Wildman–Crippen MR) is 72.6 cm³/mol. The van der Waals surface area contributed by atoms with Gasteiger partial charge in [0.05, 0.1) is 0 Å². The van der Waals surface area contributed by atoms with Gasteiger partial charge in [0.15, 0.2) is 0 Å². The highest BCUT2D eigenvalue weighted by molar-refractivity contribution is 5.82. The number of nitrogens with zero attached hydrogens (tertiary/aromatic N) is 1. The molecule has 1 heterocycles. The lowest BCUT2D eigenvalue weighted by molar-refractivity contribution is 0.581. The third kappa shape index (κ3) is 2.05. The van der Waals surface area contributed by atoms with Gasteiger partial charge in [-0.1, -0.05) is 13.8 Å². The van der Waals surface area contributed by atoms with Gasteiger partial charge in [-0.3, -0.25) is 4.79 Å². The molecule has 0 unspecified atom stereocenters. The standard InChI is InChI=1S/C15H18FNO/c1-9(2)12-8-13-11(7-14(12)16)5-6-17(10(3)4)15(13)18/h5-10H,1-4H3. The molecule has 0 aliphatic rings. The Balaban J connectivity index is 2.80. The Kier molecular flexibility index (Phi) is 3.24. The Morgan fingerprint density at radius 2 is 1.83 bits per heavy atom. The minimum Gasteiger partial charge on any atom is -0.312 e. The third-order valence-electron chi connectivity index (χ3n) is 3.23. The van der Waals surface area contributed by atoms with E-state index < -0.39 is 0 Å². The van der Waals surface area contributed by atoms with Gasteiger partial charge in [-0.05, 0) is 48.9 Å². The van der Waals surface area contributed by atoms with Crippen LogP contribution in [0, 0.1) is 5.82 Å². The molecule has 18 heavy (non-hydrogen) atoms. The van der Waals surface area contributed by atoms with Gasteiger partial charge in [-0.15, -0.1) is 0 Å². The van der Waals surface area contributed by atoms with Gasteiger partial charge < -0.3 is 4.57 Å². The van der Waals surface area contributed by atoms with Gasteiger partial charge in [0, 0.05) is 17.6 Å². The van der Waals surface area contributed by atoms with Crippen LogP contribution in [0.1, 0.15) is 45.2 Å². The Morgan fingerprint density at radius 1 is 1.17 bits per heavy atom. The van der Waals surface area contributed by atoms with E-state index in [0.717, 1.165) is 0 Å². The first kappa shape index (κ1) is 12.8. The molecule has 0 aliphatic carbocycles. The maximum Gasteiger partial charge on any atom is 0.258 e. The molecule has 0 aliphatic heterocycles. The van der Waals surface area contributed by atoms with Gasteiger partial charge in [-0.2, -0.15) is 0 Å². The van der Waals surface area contributed by atoms with Crippen LogP contribution in [0.5, 0.6) is 0 Å². The summed E-state index contributed by atoms with van der Waals surface area (Å²) in [6, 6.07) is 5.05. The van der Waals surface area contributed by atoms with E-state index in [1.807, 2.05) is 27.7 Å². The highest BCUT2D eigenvalue weighted by Crippen LogP contribution is 2.23. The van der Waals surface area contributed by atoms with Crippen molar-refractivity contribution in [3.8, 4) is 0 Å². The fourth-order valence-electron chi connectivity index (χ4n) is 2.14. The van der Waals surface area contributed by atoms with Crippen LogP contribution in [-0.2, 0) is 0 Å². The van der Waals surface area contributed by atoms with Crippen LogP contribution in [0.15, 0.2) is 29.2 Å². The van der Waals surface area contributed by atoms with Crippen molar-refractivity contribution in [2.24, 2.45) is 0 Å². The molecule has 0 saturated carbocycles. The quantitative estimate of drug-likeness (QED) is 0.790. The summed E-state index contributed by atoms with van der Waals surface area (Å²) < 4.78 is 15.5. The number of fused-ring (bicyclic) bond motifs is 1. The minimum absolute atomic E-state index is 0.0515. The summed E-state index contributed by atoms with van der Waals surface area (Å²) in [5.41, 5.74) is 0.547. The molecule has 0 N–H and O–H groups in total. The number of halogens is 1. The molecule has 0 radical (unpaired) electrons. The number of pyridine rings is 1. The fourth-order valence-corrected chi connectivity index (χ4v) is 2.14. The second-order valence-electron chi connectivity index (χ2n) is 5.24. The highest BCUT2D eigenvalue weighted by atomic mass is 19.1. The van der Waals surface area contributed by atoms with Crippen LogP contribution >= 0.6 is 0 Å². The molecular formula is C15H18FNO. The lowest BCUT2D eigenvalue weighted by Gasteiger charge is -2.13. The summed E-state index contributed by atoms with van der Waals surface area (Å²) in [6.07, 6.45) is 1.73. The van der Waals surface area contributed by atoms with Crippen LogP contribution in [0.2, 0.25) is 0 Å². The number of rotatable bonds is 2. The van der Waals surface area contributed by atoms with E-state index in [1.54, 1.807) is 22.9 Å². The molecule has 2 nitrogen and oxygen atoms in total. The molecule has 2 rings (SSSR count). The molecule has 0 saturated heterocycles. The van der Waals surface area contributed by atoms with Gasteiger partial charge >= 0.3 is 0 Å². The van der Waals surface area contributed by atoms with Crippen LogP contribution in [0.25, 0.3) is 10.8 Å². The fraction of sp³-hybridized carbons (Fsp3) is 0.400. The molecule has 96 valence electrons. The first-order chi connectivity index (χ1) is 8.41. The topological polar surface area (TPSA) is 22.0 Å². The van der Waals surface area contributed by atoms with Crippen molar-refractivity contribution in [3.63, 3.8) is 0 Å². The van der Waals surface area contributed by atoms with Crippen molar-refractivity contribution in [1.29, 1.82) is 0 Å². The summed E-state index contributed by atoms with van der Waals surface area (Å²) in [6.45, 7) is 7.77. The van der Waals surface area contributed by atoms with Crippen molar-refractivity contribution in [2.45, 2.75) is 39.7 Å². The predicted octanol–water partition coefficient (Wildman–Crippen LogP) is 3.84. The second-order valence-corrected chi connectivity index (χ2v) is 5.24. The summed E-state index contributed by atoms with van der Waals surface area (Å²) in [4.78, 5) is 12.3. The molecule has 0 atom stereocenters. The van der Waals surface area contributed by atoms with Gasteiger partial charge in [0.2, 0.25) is 0 Å². The Morgan fingerprint density at radius 3 is 2.39 bits per heavy atom. The number of benzene rings is 1. The Bertz CT molecular complexity index is 641. The molecule has 0 spiro atoms. The van der Waals surface area contributed by atoms with Gasteiger partial charge in [-0.25, -0.2) is 4.39 Å². The van der Waals surface area contributed by atoms with Crippen LogP contribution in [-0.4, -0.2) is 4.57 Å². The van der Waals surface area contributed by atoms with Crippen molar-refractivity contribution in [2.75, 3.05) is 0 Å². The molecule has 1 aromatic carbocycles. The lowest BCUT2D eigenvalue weighted by Crippen LogP contribution is -2.21. The van der Waals surface area contributed by atoms with Crippen LogP contribution < -0.4 is 5.56 Å². The van der Waals surface area contributed by atoms with E-state index in [9.17, 15) is 9.18 Å². The molecule has 0 amide bonds. The normalized spacial score (nSPS) is 11.7. The zero-order valence-corrected chi connectivity index (χ0v) is 11.2. The smallest absolute Gasteiger partial charge is 0.258 e. The summed E-state index contributed by atoms with van der Waals surface area (Å²) in [5.74, 6) is -0.166. The van der Waals surface area contributed by atoms with E-state index in [-0.39, 0.29) is 23.3 Å². The monoisotopic (exact) mass is 247 g/mol. The summed E-state index contributed by atoms with van der Waals surface area (Å²) >= 11 is 0. The molecule has 2 aromatic rings. The summed E-state index contributed by atoms with van der Waals surface area (Å²) in [5, 5.41) is 1.26. The van der Waals surface area contributed by atoms with Crippen molar-refractivity contribution >= 4 is 10.8 Å². The molecular weight excluding hydrogens is 229 g/mol. The first-order valence-electron chi connectivity index (χ1n) is 6.26. The van der Waals surface area contributed by atoms with Crippen LogP contribution in [0.4, 0.5) is 4.39 Å².